The molecule has 1 aliphatic heterocycles. The van der Waals surface area contributed by atoms with E-state index in [2.05, 4.69) is 9.62 Å². The van der Waals surface area contributed by atoms with Crippen molar-refractivity contribution < 1.29 is 41.0 Å². The number of nitrogens with zero attached hydrogens (tertiary/aromatic N) is 1. The first-order valence-corrected chi connectivity index (χ1v) is 12.6. The van der Waals surface area contributed by atoms with Gasteiger partial charge in [0, 0.05) is 36.0 Å². The minimum atomic E-state index is -4.79. The van der Waals surface area contributed by atoms with E-state index < -0.39 is 52.1 Å². The Morgan fingerprint density at radius 1 is 1.03 bits per heavy atom. The van der Waals surface area contributed by atoms with Gasteiger partial charge in [0.05, 0.1) is 11.1 Å². The lowest BCUT2D eigenvalue weighted by atomic mass is 10.00. The Balaban J connectivity index is 1.62. The lowest BCUT2D eigenvalue weighted by molar-refractivity contribution is -0.137. The molecule has 202 valence electrons. The summed E-state index contributed by atoms with van der Waals surface area (Å²) < 4.78 is 90.5. The van der Waals surface area contributed by atoms with E-state index in [1.54, 1.807) is 11.9 Å². The van der Waals surface area contributed by atoms with Crippen LogP contribution in [0.1, 0.15) is 28.8 Å². The van der Waals surface area contributed by atoms with Crippen molar-refractivity contribution in [1.82, 2.24) is 4.31 Å². The maximum absolute atomic E-state index is 14.9. The van der Waals surface area contributed by atoms with Crippen LogP contribution in [0.2, 0.25) is 0 Å². The van der Waals surface area contributed by atoms with Gasteiger partial charge in [-0.15, -0.1) is 0 Å². The molecule has 0 bridgehead atoms. The highest BCUT2D eigenvalue weighted by Gasteiger charge is 2.32. The first-order valence-electron chi connectivity index (χ1n) is 11.4. The van der Waals surface area contributed by atoms with Crippen LogP contribution in [0.4, 0.5) is 32.0 Å². The Hall–Kier alpha value is -3.38. The zero-order valence-electron chi connectivity index (χ0n) is 19.9. The van der Waals surface area contributed by atoms with E-state index in [0.717, 1.165) is 43.4 Å². The van der Waals surface area contributed by atoms with Gasteiger partial charge in [-0.3, -0.25) is 9.10 Å². The average Bonchev–Trinajstić information content (AvgIpc) is 2.87. The van der Waals surface area contributed by atoms with Crippen molar-refractivity contribution >= 4 is 23.5 Å². The first kappa shape index (κ1) is 27.6. The van der Waals surface area contributed by atoms with Crippen LogP contribution in [0.25, 0.3) is 11.1 Å². The van der Waals surface area contributed by atoms with Crippen molar-refractivity contribution in [2.75, 3.05) is 24.7 Å². The summed E-state index contributed by atoms with van der Waals surface area (Å²) in [6.45, 7) is 1.46. The van der Waals surface area contributed by atoms with Crippen LogP contribution in [-0.2, 0) is 6.18 Å². The van der Waals surface area contributed by atoms with Crippen LogP contribution in [0.5, 0.6) is 11.5 Å². The van der Waals surface area contributed by atoms with Gasteiger partial charge < -0.3 is 15.2 Å². The van der Waals surface area contributed by atoms with Gasteiger partial charge in [-0.05, 0) is 55.5 Å². The molecule has 0 spiro atoms. The summed E-state index contributed by atoms with van der Waals surface area (Å²) in [6.07, 6.45) is -1.90. The van der Waals surface area contributed by atoms with Crippen LogP contribution in [-0.4, -0.2) is 40.8 Å². The number of benzene rings is 3. The summed E-state index contributed by atoms with van der Waals surface area (Å²) in [6, 6.07) is 6.87. The van der Waals surface area contributed by atoms with Crippen LogP contribution in [0.15, 0.2) is 48.5 Å². The maximum atomic E-state index is 14.9. The number of nitrogens with one attached hydrogen (secondary N) is 1. The second-order valence-corrected chi connectivity index (χ2v) is 9.42. The van der Waals surface area contributed by atoms with Gasteiger partial charge in [-0.2, -0.15) is 17.6 Å². The molecule has 1 heterocycles. The molecule has 38 heavy (non-hydrogen) atoms. The van der Waals surface area contributed by atoms with Crippen LogP contribution >= 0.6 is 11.9 Å². The molecule has 0 saturated carbocycles. The number of ether oxygens (including phenoxy) is 1. The molecule has 0 radical (unpaired) electrons. The molecule has 1 aliphatic rings. The molecule has 12 heteroatoms. The van der Waals surface area contributed by atoms with Gasteiger partial charge in [0.2, 0.25) is 5.82 Å². The summed E-state index contributed by atoms with van der Waals surface area (Å²) in [5.74, 6) is -5.64. The lowest BCUT2D eigenvalue weighted by Gasteiger charge is -2.30. The number of anilines is 1. The number of phenolic OH excluding ortho intramolecular Hbond substituents is 1. The van der Waals surface area contributed by atoms with Crippen molar-refractivity contribution in [3.63, 3.8) is 0 Å². The van der Waals surface area contributed by atoms with Gasteiger partial charge in [0.1, 0.15) is 17.7 Å². The Morgan fingerprint density at radius 3 is 2.34 bits per heavy atom. The number of amides is 1. The largest absolute Gasteiger partial charge is 0.504 e. The summed E-state index contributed by atoms with van der Waals surface area (Å²) in [4.78, 5) is 12.9. The normalized spacial score (nSPS) is 14.9. The number of alkyl halides is 3. The Kier molecular flexibility index (Phi) is 8.12. The molecule has 1 saturated heterocycles. The number of aromatic hydroxyl groups is 1. The topological polar surface area (TPSA) is 61.8 Å². The summed E-state index contributed by atoms with van der Waals surface area (Å²) in [5.41, 5.74) is -2.65. The zero-order chi connectivity index (χ0) is 27.6. The van der Waals surface area contributed by atoms with Gasteiger partial charge in [0.25, 0.3) is 5.91 Å². The molecule has 2 N–H and O–H groups in total. The molecular weight excluding hydrogens is 534 g/mol. The molecule has 4 rings (SSSR count). The summed E-state index contributed by atoms with van der Waals surface area (Å²) in [7, 11) is 0. The minimum absolute atomic E-state index is 0.180. The Morgan fingerprint density at radius 2 is 1.71 bits per heavy atom. The third-order valence-electron chi connectivity index (χ3n) is 6.09. The fourth-order valence-corrected chi connectivity index (χ4v) is 4.66. The predicted octanol–water partition coefficient (Wildman–Crippen LogP) is 6.87. The van der Waals surface area contributed by atoms with Crippen molar-refractivity contribution in [1.29, 1.82) is 0 Å². The number of hydrogen-bond acceptors (Lipinski definition) is 5. The molecule has 0 atom stereocenters. The van der Waals surface area contributed by atoms with Crippen molar-refractivity contribution in [2.24, 2.45) is 0 Å². The average molecular weight is 557 g/mol. The van der Waals surface area contributed by atoms with Crippen molar-refractivity contribution in [3.8, 4) is 22.6 Å². The van der Waals surface area contributed by atoms with Gasteiger partial charge in [-0.25, -0.2) is 8.78 Å². The van der Waals surface area contributed by atoms with E-state index >= 15 is 0 Å². The molecule has 0 unspecified atom stereocenters. The summed E-state index contributed by atoms with van der Waals surface area (Å²) >= 11 is 1.59. The minimum Gasteiger partial charge on any atom is -0.504 e. The highest BCUT2D eigenvalue weighted by molar-refractivity contribution is 7.96. The molecule has 5 nitrogen and oxygen atoms in total. The molecule has 1 amide bonds. The van der Waals surface area contributed by atoms with E-state index in [4.69, 9.17) is 4.74 Å². The fourth-order valence-electron chi connectivity index (χ4n) is 4.09. The predicted molar refractivity (Wildman–Crippen MR) is 132 cm³/mol. The SMILES string of the molecule is CSN1CCC(Oc2ccc(C(=O)Nc3cc(C(F)(F)F)ccc3-c3ccc(F)cc3F)c(O)c2F)CC1. The number of hydrogen-bond donors (Lipinski definition) is 2. The van der Waals surface area contributed by atoms with Crippen LogP contribution in [0, 0.1) is 17.5 Å². The monoisotopic (exact) mass is 556 g/mol. The standard InChI is InChI=1S/C26H22F6N2O3S/c1-38-34-10-8-16(9-11-34)37-22-7-6-19(24(35)23(22)29)25(36)33-21-12-14(26(30,31)32)2-4-18(21)17-5-3-15(27)13-20(17)28/h2-7,12-13,16,35H,8-11H2,1H3,(H,33,36). The third kappa shape index (κ3) is 6.02. The van der Waals surface area contributed by atoms with Gasteiger partial charge in [0.15, 0.2) is 11.5 Å². The van der Waals surface area contributed by atoms with Crippen molar-refractivity contribution in [3.05, 3.63) is 77.1 Å². The molecule has 3 aromatic rings. The van der Waals surface area contributed by atoms with E-state index in [1.165, 1.54) is 0 Å². The Labute approximate surface area is 218 Å². The van der Waals surface area contributed by atoms with E-state index in [0.29, 0.717) is 31.0 Å². The third-order valence-corrected chi connectivity index (χ3v) is 6.98. The highest BCUT2D eigenvalue weighted by atomic mass is 32.2. The van der Waals surface area contributed by atoms with E-state index in [-0.39, 0.29) is 23.0 Å². The zero-order valence-corrected chi connectivity index (χ0v) is 20.7. The number of rotatable bonds is 6. The van der Waals surface area contributed by atoms with Gasteiger partial charge >= 0.3 is 6.18 Å². The number of halogens is 6. The van der Waals surface area contributed by atoms with Crippen LogP contribution in [0.3, 0.4) is 0 Å². The number of phenols is 1. The fraction of sp³-hybridized carbons (Fsp3) is 0.269. The molecule has 0 aliphatic carbocycles. The number of piperidine rings is 1. The van der Waals surface area contributed by atoms with Crippen molar-refractivity contribution in [2.45, 2.75) is 25.1 Å². The second-order valence-electron chi connectivity index (χ2n) is 8.54. The summed E-state index contributed by atoms with van der Waals surface area (Å²) in [5, 5.41) is 12.6. The maximum Gasteiger partial charge on any atom is 0.416 e. The van der Waals surface area contributed by atoms with E-state index in [9.17, 15) is 36.2 Å². The Bertz CT molecular complexity index is 1340. The molecule has 0 aromatic heterocycles. The first-order chi connectivity index (χ1) is 18.0. The number of carbonyl (C=O) groups is 1. The van der Waals surface area contributed by atoms with Crippen LogP contribution < -0.4 is 10.1 Å². The molecule has 1 fully saturated rings. The lowest BCUT2D eigenvalue weighted by Crippen LogP contribution is -2.34. The number of carbonyl (C=O) groups excluding carboxylic acids is 1. The molecular formula is C26H22F6N2O3S. The quantitative estimate of drug-likeness (QED) is 0.256. The smallest absolute Gasteiger partial charge is 0.416 e. The van der Waals surface area contributed by atoms with Gasteiger partial charge in [-0.1, -0.05) is 18.0 Å². The van der Waals surface area contributed by atoms with E-state index in [1.807, 2.05) is 6.26 Å². The molecule has 3 aromatic carbocycles. The second kappa shape index (κ2) is 11.2. The highest BCUT2D eigenvalue weighted by Crippen LogP contribution is 2.38.